The van der Waals surface area contributed by atoms with Crippen LogP contribution in [0.4, 0.5) is 0 Å². The molecule has 32 heavy (non-hydrogen) atoms. The van der Waals surface area contributed by atoms with Gasteiger partial charge in [-0.15, -0.1) is 0 Å². The Morgan fingerprint density at radius 3 is 2.62 bits per heavy atom. The summed E-state index contributed by atoms with van der Waals surface area (Å²) in [7, 11) is 1.61. The van der Waals surface area contributed by atoms with Crippen LogP contribution in [0.2, 0.25) is 5.02 Å². The number of aryl methyl sites for hydroxylation is 3. The maximum Gasteiger partial charge on any atom is 0.259 e. The Morgan fingerprint density at radius 2 is 1.97 bits per heavy atom. The quantitative estimate of drug-likeness (QED) is 0.414. The number of amides is 1. The van der Waals surface area contributed by atoms with E-state index >= 15 is 0 Å². The number of carbonyl (C=O) groups excluding carboxylic acids is 1. The summed E-state index contributed by atoms with van der Waals surface area (Å²) >= 11 is 6.20. The Bertz CT molecular complexity index is 1280. The van der Waals surface area contributed by atoms with Gasteiger partial charge in [0.05, 0.1) is 34.5 Å². The first-order valence-electron chi connectivity index (χ1n) is 10.3. The first kappa shape index (κ1) is 21.8. The summed E-state index contributed by atoms with van der Waals surface area (Å²) in [6.45, 7) is 6.78. The Hall–Kier alpha value is -3.39. The van der Waals surface area contributed by atoms with Crippen LogP contribution in [0.1, 0.15) is 33.9 Å². The van der Waals surface area contributed by atoms with Crippen molar-refractivity contribution in [3.05, 3.63) is 58.0 Å². The number of hydrogen-bond donors (Lipinski definition) is 1. The molecule has 0 unspecified atom stereocenters. The lowest BCUT2D eigenvalue weighted by Gasteiger charge is -2.09. The molecule has 166 valence electrons. The third-order valence-electron chi connectivity index (χ3n) is 5.31. The summed E-state index contributed by atoms with van der Waals surface area (Å²) in [6.07, 6.45) is 0.714. The number of nitrogens with one attached hydrogen (secondary N) is 1. The Labute approximate surface area is 190 Å². The van der Waals surface area contributed by atoms with Crippen molar-refractivity contribution in [3.8, 4) is 17.0 Å². The highest BCUT2D eigenvalue weighted by atomic mass is 35.5. The fourth-order valence-electron chi connectivity index (χ4n) is 3.62. The molecule has 0 saturated heterocycles. The summed E-state index contributed by atoms with van der Waals surface area (Å²) in [5.41, 5.74) is 4.60. The van der Waals surface area contributed by atoms with Crippen molar-refractivity contribution in [1.82, 2.24) is 25.2 Å². The molecule has 1 amide bonds. The number of ether oxygens (including phenoxy) is 1. The fourth-order valence-corrected chi connectivity index (χ4v) is 3.75. The number of fused-ring (bicyclic) bond motifs is 1. The van der Waals surface area contributed by atoms with E-state index in [1.54, 1.807) is 13.2 Å². The van der Waals surface area contributed by atoms with Gasteiger partial charge in [-0.05, 0) is 57.5 Å². The number of methoxy groups -OCH3 is 1. The van der Waals surface area contributed by atoms with Crippen molar-refractivity contribution >= 4 is 28.6 Å². The summed E-state index contributed by atoms with van der Waals surface area (Å²) in [4.78, 5) is 17.5. The topological polar surface area (TPSA) is 95.1 Å². The van der Waals surface area contributed by atoms with Gasteiger partial charge in [-0.25, -0.2) is 4.98 Å². The van der Waals surface area contributed by atoms with E-state index in [0.717, 1.165) is 22.7 Å². The van der Waals surface area contributed by atoms with Gasteiger partial charge in [-0.2, -0.15) is 5.10 Å². The van der Waals surface area contributed by atoms with Gasteiger partial charge in [0.2, 0.25) is 0 Å². The lowest BCUT2D eigenvalue weighted by Crippen LogP contribution is -2.26. The number of rotatable bonds is 7. The van der Waals surface area contributed by atoms with E-state index in [1.165, 1.54) is 0 Å². The van der Waals surface area contributed by atoms with Crippen LogP contribution in [0.5, 0.6) is 5.75 Å². The van der Waals surface area contributed by atoms with Gasteiger partial charge in [0.15, 0.2) is 0 Å². The van der Waals surface area contributed by atoms with E-state index in [1.807, 2.05) is 49.7 Å². The average molecular weight is 454 g/mol. The van der Waals surface area contributed by atoms with E-state index in [2.05, 4.69) is 20.6 Å². The summed E-state index contributed by atoms with van der Waals surface area (Å²) in [5, 5.41) is 12.9. The van der Waals surface area contributed by atoms with Gasteiger partial charge in [0, 0.05) is 24.3 Å². The van der Waals surface area contributed by atoms with Crippen LogP contribution < -0.4 is 10.1 Å². The minimum absolute atomic E-state index is 0.204. The van der Waals surface area contributed by atoms with Gasteiger partial charge in [0.25, 0.3) is 11.6 Å². The third kappa shape index (κ3) is 4.18. The molecule has 3 aromatic heterocycles. The van der Waals surface area contributed by atoms with Crippen molar-refractivity contribution < 1.29 is 14.1 Å². The van der Waals surface area contributed by atoms with Crippen LogP contribution in [0.3, 0.4) is 0 Å². The zero-order valence-electron chi connectivity index (χ0n) is 18.4. The second-order valence-electron chi connectivity index (χ2n) is 7.57. The van der Waals surface area contributed by atoms with Crippen LogP contribution >= 0.6 is 11.6 Å². The monoisotopic (exact) mass is 453 g/mol. The Morgan fingerprint density at radius 1 is 1.22 bits per heavy atom. The molecule has 0 atom stereocenters. The molecule has 0 aliphatic carbocycles. The van der Waals surface area contributed by atoms with Gasteiger partial charge >= 0.3 is 0 Å². The highest BCUT2D eigenvalue weighted by molar-refractivity contribution is 6.31. The normalized spacial score (nSPS) is 11.2. The molecule has 0 bridgehead atoms. The van der Waals surface area contributed by atoms with Gasteiger partial charge in [0.1, 0.15) is 11.4 Å². The molecule has 0 fully saturated rings. The molecular formula is C23H24ClN5O3. The molecule has 9 heteroatoms. The maximum absolute atomic E-state index is 13.1. The molecule has 0 aliphatic rings. The number of nitrogens with zero attached hydrogens (tertiary/aromatic N) is 4. The predicted molar refractivity (Wildman–Crippen MR) is 122 cm³/mol. The molecule has 4 rings (SSSR count). The van der Waals surface area contributed by atoms with Crippen molar-refractivity contribution in [2.45, 2.75) is 33.7 Å². The van der Waals surface area contributed by atoms with Crippen LogP contribution in [0, 0.1) is 20.8 Å². The second-order valence-corrected chi connectivity index (χ2v) is 7.95. The van der Waals surface area contributed by atoms with Crippen LogP contribution in [0.15, 0.2) is 34.9 Å². The number of carbonyl (C=O) groups is 1. The zero-order chi connectivity index (χ0) is 22.8. The molecule has 1 N–H and O–H groups in total. The van der Waals surface area contributed by atoms with E-state index in [-0.39, 0.29) is 5.91 Å². The van der Waals surface area contributed by atoms with Crippen molar-refractivity contribution in [2.75, 3.05) is 13.7 Å². The molecule has 0 spiro atoms. The number of pyridine rings is 1. The van der Waals surface area contributed by atoms with Crippen molar-refractivity contribution in [2.24, 2.45) is 0 Å². The van der Waals surface area contributed by atoms with E-state index < -0.39 is 0 Å². The zero-order valence-corrected chi connectivity index (χ0v) is 19.2. The highest BCUT2D eigenvalue weighted by Crippen LogP contribution is 2.31. The Kier molecular flexibility index (Phi) is 6.14. The standard InChI is InChI=1S/C23H24ClN5O3/c1-13-12-18(22(30)25-10-5-11-29-15(3)20(24)14(2)27-29)19-21(28-32-23(19)26-13)16-6-8-17(31-4)9-7-16/h6-9,12H,5,10-11H2,1-4H3,(H,25,30). The number of benzene rings is 1. The van der Waals surface area contributed by atoms with Crippen molar-refractivity contribution in [3.63, 3.8) is 0 Å². The molecule has 0 radical (unpaired) electrons. The lowest BCUT2D eigenvalue weighted by atomic mass is 10.0. The van der Waals surface area contributed by atoms with Gasteiger partial charge < -0.3 is 14.6 Å². The van der Waals surface area contributed by atoms with Crippen molar-refractivity contribution in [1.29, 1.82) is 0 Å². The maximum atomic E-state index is 13.1. The lowest BCUT2D eigenvalue weighted by molar-refractivity contribution is 0.0954. The van der Waals surface area contributed by atoms with Gasteiger partial charge in [-0.3, -0.25) is 9.48 Å². The minimum atomic E-state index is -0.204. The molecule has 0 aliphatic heterocycles. The summed E-state index contributed by atoms with van der Waals surface area (Å²) in [5.74, 6) is 0.530. The fraction of sp³-hybridized carbons (Fsp3) is 0.304. The molecule has 4 aromatic rings. The Balaban J connectivity index is 1.54. The first-order valence-corrected chi connectivity index (χ1v) is 10.7. The molecular weight excluding hydrogens is 430 g/mol. The van der Waals surface area contributed by atoms with Crippen LogP contribution in [-0.2, 0) is 6.54 Å². The smallest absolute Gasteiger partial charge is 0.259 e. The van der Waals surface area contributed by atoms with E-state index in [9.17, 15) is 4.79 Å². The number of aromatic nitrogens is 4. The largest absolute Gasteiger partial charge is 0.497 e. The highest BCUT2D eigenvalue weighted by Gasteiger charge is 2.21. The SMILES string of the molecule is COc1ccc(-c2noc3nc(C)cc(C(=O)NCCCn4nc(C)c(Cl)c4C)c23)cc1. The first-order chi connectivity index (χ1) is 15.4. The summed E-state index contributed by atoms with van der Waals surface area (Å²) < 4.78 is 12.5. The average Bonchev–Trinajstić information content (AvgIpc) is 3.32. The molecule has 8 nitrogen and oxygen atoms in total. The molecule has 1 aromatic carbocycles. The molecule has 0 saturated carbocycles. The minimum Gasteiger partial charge on any atom is -0.497 e. The van der Waals surface area contributed by atoms with Crippen LogP contribution in [-0.4, -0.2) is 39.5 Å². The van der Waals surface area contributed by atoms with Gasteiger partial charge in [-0.1, -0.05) is 16.8 Å². The van der Waals surface area contributed by atoms with E-state index in [0.29, 0.717) is 52.6 Å². The predicted octanol–water partition coefficient (Wildman–Crippen LogP) is 4.49. The molecule has 3 heterocycles. The summed E-state index contributed by atoms with van der Waals surface area (Å²) in [6, 6.07) is 9.17. The number of hydrogen-bond acceptors (Lipinski definition) is 6. The number of halogens is 1. The third-order valence-corrected chi connectivity index (χ3v) is 5.86. The van der Waals surface area contributed by atoms with Crippen LogP contribution in [0.25, 0.3) is 22.4 Å². The van der Waals surface area contributed by atoms with E-state index in [4.69, 9.17) is 20.9 Å². The second kappa shape index (κ2) is 9.00.